The lowest BCUT2D eigenvalue weighted by Crippen LogP contribution is -2.40. The highest BCUT2D eigenvalue weighted by Gasteiger charge is 2.28. The Bertz CT molecular complexity index is 256. The first kappa shape index (κ1) is 12.0. The molecule has 0 aliphatic carbocycles. The molecule has 0 saturated carbocycles. The number of rotatable bonds is 2. The van der Waals surface area contributed by atoms with Gasteiger partial charge in [-0.2, -0.15) is 0 Å². The van der Waals surface area contributed by atoms with Gasteiger partial charge in [0.05, 0.1) is 6.04 Å². The summed E-state index contributed by atoms with van der Waals surface area (Å²) in [5.74, 6) is 0. The Morgan fingerprint density at radius 3 is 2.80 bits per heavy atom. The van der Waals surface area contributed by atoms with Crippen molar-refractivity contribution in [2.24, 2.45) is 5.73 Å². The molecule has 1 amide bonds. The van der Waals surface area contributed by atoms with Gasteiger partial charge in [-0.1, -0.05) is 12.2 Å². The predicted molar refractivity (Wildman–Crippen MR) is 59.5 cm³/mol. The van der Waals surface area contributed by atoms with Crippen LogP contribution in [0.5, 0.6) is 0 Å². The van der Waals surface area contributed by atoms with Crippen LogP contribution in [0, 0.1) is 0 Å². The number of carbonyl (C=O) groups is 1. The number of nitrogens with zero attached hydrogens (tertiary/aromatic N) is 1. The average molecular weight is 212 g/mol. The van der Waals surface area contributed by atoms with E-state index in [0.29, 0.717) is 13.1 Å². The van der Waals surface area contributed by atoms with Crippen LogP contribution in [-0.2, 0) is 4.74 Å². The number of carbonyl (C=O) groups excluding carboxylic acids is 1. The highest BCUT2D eigenvalue weighted by atomic mass is 16.6. The Morgan fingerprint density at radius 1 is 1.60 bits per heavy atom. The van der Waals surface area contributed by atoms with E-state index >= 15 is 0 Å². The Balaban J connectivity index is 2.53. The van der Waals surface area contributed by atoms with E-state index < -0.39 is 5.60 Å². The molecule has 0 spiro atoms. The SMILES string of the molecule is CC(C)(C)OC(=O)N1CC=C[C@H]1CCN. The first-order valence-electron chi connectivity index (χ1n) is 5.30. The van der Waals surface area contributed by atoms with Gasteiger partial charge in [-0.05, 0) is 33.7 Å². The third-order valence-corrected chi connectivity index (χ3v) is 2.15. The van der Waals surface area contributed by atoms with Gasteiger partial charge in [0.1, 0.15) is 5.60 Å². The minimum atomic E-state index is -0.438. The van der Waals surface area contributed by atoms with E-state index in [-0.39, 0.29) is 12.1 Å². The van der Waals surface area contributed by atoms with Gasteiger partial charge in [0, 0.05) is 6.54 Å². The maximum absolute atomic E-state index is 11.8. The fourth-order valence-electron chi connectivity index (χ4n) is 1.52. The minimum Gasteiger partial charge on any atom is -0.444 e. The van der Waals surface area contributed by atoms with E-state index in [1.807, 2.05) is 32.9 Å². The van der Waals surface area contributed by atoms with Gasteiger partial charge in [0.2, 0.25) is 0 Å². The maximum Gasteiger partial charge on any atom is 0.411 e. The quantitative estimate of drug-likeness (QED) is 0.706. The summed E-state index contributed by atoms with van der Waals surface area (Å²) in [4.78, 5) is 13.5. The zero-order valence-corrected chi connectivity index (χ0v) is 9.69. The Hall–Kier alpha value is -1.03. The summed E-state index contributed by atoms with van der Waals surface area (Å²) >= 11 is 0. The Kier molecular flexibility index (Phi) is 3.74. The van der Waals surface area contributed by atoms with Gasteiger partial charge in [-0.3, -0.25) is 4.90 Å². The lowest BCUT2D eigenvalue weighted by Gasteiger charge is -2.28. The van der Waals surface area contributed by atoms with Crippen molar-refractivity contribution >= 4 is 6.09 Å². The molecule has 0 bridgehead atoms. The number of hydrogen-bond acceptors (Lipinski definition) is 3. The summed E-state index contributed by atoms with van der Waals surface area (Å²) in [7, 11) is 0. The first-order valence-corrected chi connectivity index (χ1v) is 5.30. The zero-order valence-electron chi connectivity index (χ0n) is 9.69. The van der Waals surface area contributed by atoms with Crippen molar-refractivity contribution in [3.63, 3.8) is 0 Å². The third-order valence-electron chi connectivity index (χ3n) is 2.15. The summed E-state index contributed by atoms with van der Waals surface area (Å²) in [5, 5.41) is 0. The molecule has 4 nitrogen and oxygen atoms in total. The molecule has 0 aromatic heterocycles. The molecule has 1 aliphatic heterocycles. The van der Waals surface area contributed by atoms with E-state index in [2.05, 4.69) is 0 Å². The van der Waals surface area contributed by atoms with Crippen LogP contribution in [0.2, 0.25) is 0 Å². The molecule has 1 heterocycles. The molecule has 1 rings (SSSR count). The van der Waals surface area contributed by atoms with Crippen molar-refractivity contribution in [3.8, 4) is 0 Å². The first-order chi connectivity index (χ1) is 6.94. The van der Waals surface area contributed by atoms with Crippen molar-refractivity contribution in [1.82, 2.24) is 4.90 Å². The molecule has 4 heteroatoms. The summed E-state index contributed by atoms with van der Waals surface area (Å²) < 4.78 is 5.30. The molecule has 0 fully saturated rings. The summed E-state index contributed by atoms with van der Waals surface area (Å²) in [6.07, 6.45) is 4.52. The molecule has 1 atom stereocenters. The largest absolute Gasteiger partial charge is 0.444 e. The maximum atomic E-state index is 11.8. The van der Waals surface area contributed by atoms with Crippen molar-refractivity contribution in [1.29, 1.82) is 0 Å². The highest BCUT2D eigenvalue weighted by Crippen LogP contribution is 2.17. The van der Waals surface area contributed by atoms with Crippen LogP contribution in [-0.4, -0.2) is 35.7 Å². The molecule has 15 heavy (non-hydrogen) atoms. The zero-order chi connectivity index (χ0) is 11.5. The Labute approximate surface area is 91.1 Å². The van der Waals surface area contributed by atoms with Crippen LogP contribution in [0.15, 0.2) is 12.2 Å². The normalized spacial score (nSPS) is 20.8. The van der Waals surface area contributed by atoms with Gasteiger partial charge in [-0.15, -0.1) is 0 Å². The van der Waals surface area contributed by atoms with E-state index in [0.717, 1.165) is 6.42 Å². The van der Waals surface area contributed by atoms with Crippen LogP contribution in [0.25, 0.3) is 0 Å². The summed E-state index contributed by atoms with van der Waals surface area (Å²) in [5.41, 5.74) is 5.05. The molecule has 2 N–H and O–H groups in total. The number of ether oxygens (including phenoxy) is 1. The predicted octanol–water partition coefficient (Wildman–Crippen LogP) is 1.51. The second-order valence-electron chi connectivity index (χ2n) is 4.71. The van der Waals surface area contributed by atoms with Gasteiger partial charge in [0.25, 0.3) is 0 Å². The second kappa shape index (κ2) is 4.66. The molecule has 0 unspecified atom stereocenters. The van der Waals surface area contributed by atoms with E-state index in [4.69, 9.17) is 10.5 Å². The topological polar surface area (TPSA) is 55.6 Å². The Morgan fingerprint density at radius 2 is 2.27 bits per heavy atom. The minimum absolute atomic E-state index is 0.102. The van der Waals surface area contributed by atoms with Crippen molar-refractivity contribution in [2.45, 2.75) is 38.8 Å². The van der Waals surface area contributed by atoms with Gasteiger partial charge in [0.15, 0.2) is 0 Å². The number of hydrogen-bond donors (Lipinski definition) is 1. The number of amides is 1. The second-order valence-corrected chi connectivity index (χ2v) is 4.71. The lowest BCUT2D eigenvalue weighted by molar-refractivity contribution is 0.0238. The highest BCUT2D eigenvalue weighted by molar-refractivity contribution is 5.69. The van der Waals surface area contributed by atoms with Crippen LogP contribution >= 0.6 is 0 Å². The van der Waals surface area contributed by atoms with Gasteiger partial charge < -0.3 is 10.5 Å². The van der Waals surface area contributed by atoms with Gasteiger partial charge >= 0.3 is 6.09 Å². The van der Waals surface area contributed by atoms with E-state index in [1.165, 1.54) is 0 Å². The summed E-state index contributed by atoms with van der Waals surface area (Å²) in [6, 6.07) is 0.102. The molecule has 1 aliphatic rings. The summed E-state index contributed by atoms with van der Waals surface area (Å²) in [6.45, 7) is 6.80. The average Bonchev–Trinajstić information content (AvgIpc) is 2.49. The fraction of sp³-hybridized carbons (Fsp3) is 0.727. The smallest absolute Gasteiger partial charge is 0.411 e. The molecular weight excluding hydrogens is 192 g/mol. The third kappa shape index (κ3) is 3.55. The monoisotopic (exact) mass is 212 g/mol. The fourth-order valence-corrected chi connectivity index (χ4v) is 1.52. The molecule has 0 aromatic rings. The molecule has 0 aromatic carbocycles. The van der Waals surface area contributed by atoms with Crippen molar-refractivity contribution in [3.05, 3.63) is 12.2 Å². The number of nitrogens with two attached hydrogens (primary N) is 1. The van der Waals surface area contributed by atoms with E-state index in [1.54, 1.807) is 4.90 Å². The van der Waals surface area contributed by atoms with Crippen LogP contribution in [0.1, 0.15) is 27.2 Å². The molecule has 86 valence electrons. The molecule has 0 saturated heterocycles. The van der Waals surface area contributed by atoms with Gasteiger partial charge in [-0.25, -0.2) is 4.79 Å². The van der Waals surface area contributed by atoms with E-state index in [9.17, 15) is 4.79 Å². The van der Waals surface area contributed by atoms with Crippen molar-refractivity contribution in [2.75, 3.05) is 13.1 Å². The lowest BCUT2D eigenvalue weighted by atomic mass is 10.2. The standard InChI is InChI=1S/C11H20N2O2/c1-11(2,3)15-10(14)13-8-4-5-9(13)6-7-12/h4-5,9H,6-8,12H2,1-3H3/t9-/m0/s1. The van der Waals surface area contributed by atoms with Crippen LogP contribution in [0.3, 0.4) is 0 Å². The van der Waals surface area contributed by atoms with Crippen LogP contribution in [0.4, 0.5) is 4.79 Å². The van der Waals surface area contributed by atoms with Crippen LogP contribution < -0.4 is 5.73 Å². The molecular formula is C11H20N2O2. The van der Waals surface area contributed by atoms with Crippen molar-refractivity contribution < 1.29 is 9.53 Å². The molecule has 0 radical (unpaired) electrons.